The van der Waals surface area contributed by atoms with Gasteiger partial charge in [0.05, 0.1) is 6.61 Å². The van der Waals surface area contributed by atoms with E-state index in [9.17, 15) is 14.4 Å². The van der Waals surface area contributed by atoms with Crippen molar-refractivity contribution < 1.29 is 29.3 Å². The van der Waals surface area contributed by atoms with E-state index in [1.807, 2.05) is 43.3 Å². The van der Waals surface area contributed by atoms with Gasteiger partial charge in [0.15, 0.2) is 0 Å². The number of benzene rings is 1. The van der Waals surface area contributed by atoms with Gasteiger partial charge in [0.25, 0.3) is 0 Å². The van der Waals surface area contributed by atoms with Crippen LogP contribution in [0.1, 0.15) is 38.2 Å². The number of rotatable bonds is 9. The number of unbranched alkanes of at least 4 members (excludes halogenated alkanes) is 1. The molecule has 0 saturated heterocycles. The van der Waals surface area contributed by atoms with Crippen molar-refractivity contribution in [2.75, 3.05) is 6.61 Å². The Morgan fingerprint density at radius 1 is 1.11 bits per heavy atom. The van der Waals surface area contributed by atoms with Crippen LogP contribution in [0.15, 0.2) is 61.7 Å². The Balaban J connectivity index is 0. The summed E-state index contributed by atoms with van der Waals surface area (Å²) in [5.74, 6) is -2.30. The lowest BCUT2D eigenvalue weighted by atomic mass is 10.2. The molecule has 0 spiro atoms. The molecular formula is C21H28O6. The van der Waals surface area contributed by atoms with Gasteiger partial charge >= 0.3 is 17.9 Å². The SMILES string of the molecule is C=CC(=O)OCCCC.C=Cc1ccccc1.O=C(O)C=CCCC(=O)O. The summed E-state index contributed by atoms with van der Waals surface area (Å²) in [7, 11) is 0. The van der Waals surface area contributed by atoms with Crippen molar-refractivity contribution in [1.29, 1.82) is 0 Å². The van der Waals surface area contributed by atoms with Crippen molar-refractivity contribution in [3.05, 3.63) is 67.3 Å². The average molecular weight is 376 g/mol. The van der Waals surface area contributed by atoms with E-state index in [1.54, 1.807) is 0 Å². The number of hydrogen-bond acceptors (Lipinski definition) is 4. The summed E-state index contributed by atoms with van der Waals surface area (Å²) in [4.78, 5) is 30.0. The molecule has 6 nitrogen and oxygen atoms in total. The molecule has 6 heteroatoms. The molecule has 1 aromatic rings. The minimum atomic E-state index is -1.05. The number of carbonyl (C=O) groups excluding carboxylic acids is 1. The van der Waals surface area contributed by atoms with Crippen LogP contribution in [0.4, 0.5) is 0 Å². The number of esters is 1. The zero-order chi connectivity index (χ0) is 20.9. The molecule has 0 heterocycles. The quantitative estimate of drug-likeness (QED) is 0.378. The van der Waals surface area contributed by atoms with Gasteiger partial charge in [0.1, 0.15) is 0 Å². The van der Waals surface area contributed by atoms with E-state index in [1.165, 1.54) is 17.7 Å². The van der Waals surface area contributed by atoms with Gasteiger partial charge in [-0.05, 0) is 18.4 Å². The Labute approximate surface area is 160 Å². The summed E-state index contributed by atoms with van der Waals surface area (Å²) in [6, 6.07) is 10.0. The Hall–Kier alpha value is -3.15. The molecule has 0 atom stereocenters. The van der Waals surface area contributed by atoms with E-state index in [0.29, 0.717) is 6.61 Å². The van der Waals surface area contributed by atoms with Crippen molar-refractivity contribution in [3.8, 4) is 0 Å². The highest BCUT2D eigenvalue weighted by molar-refractivity contribution is 5.81. The summed E-state index contributed by atoms with van der Waals surface area (Å²) in [5, 5.41) is 16.1. The molecule has 0 aliphatic rings. The largest absolute Gasteiger partial charge is 0.481 e. The number of hydrogen-bond donors (Lipinski definition) is 2. The molecule has 0 fully saturated rings. The second-order valence-corrected chi connectivity index (χ2v) is 5.01. The summed E-state index contributed by atoms with van der Waals surface area (Å²) in [6.45, 7) is 9.45. The highest BCUT2D eigenvalue weighted by atomic mass is 16.5. The number of aliphatic carboxylic acids is 2. The minimum absolute atomic E-state index is 0.0240. The average Bonchev–Trinajstić information content (AvgIpc) is 2.66. The maximum absolute atomic E-state index is 10.3. The summed E-state index contributed by atoms with van der Waals surface area (Å²) < 4.78 is 4.67. The van der Waals surface area contributed by atoms with Gasteiger partial charge in [0, 0.05) is 18.6 Å². The monoisotopic (exact) mass is 376 g/mol. The van der Waals surface area contributed by atoms with Gasteiger partial charge in [0.2, 0.25) is 0 Å². The smallest absolute Gasteiger partial charge is 0.330 e. The lowest BCUT2D eigenvalue weighted by Gasteiger charge is -1.97. The van der Waals surface area contributed by atoms with Crippen LogP contribution in [0.5, 0.6) is 0 Å². The second kappa shape index (κ2) is 19.2. The first kappa shape index (κ1) is 26.1. The van der Waals surface area contributed by atoms with E-state index in [2.05, 4.69) is 17.9 Å². The van der Waals surface area contributed by atoms with Crippen LogP contribution in [0.25, 0.3) is 6.08 Å². The Morgan fingerprint density at radius 2 is 1.74 bits per heavy atom. The standard InChI is InChI=1S/C8H8.C7H12O2.C6H8O4/c1-2-8-6-4-3-5-7-8;1-3-5-6-9-7(8)4-2;7-5(8)3-1-2-4-6(9)10/h2-7H,1H2;4H,2-3,5-6H2,1H3;1,3H,2,4H2,(H,7,8)(H,9,10). The number of carboxylic acid groups (broad SMARTS) is 2. The fraction of sp³-hybridized carbons (Fsp3) is 0.286. The van der Waals surface area contributed by atoms with E-state index in [-0.39, 0.29) is 18.8 Å². The molecule has 0 amide bonds. The summed E-state index contributed by atoms with van der Waals surface area (Å²) in [5.41, 5.74) is 1.17. The number of allylic oxidation sites excluding steroid dienone is 1. The van der Waals surface area contributed by atoms with E-state index < -0.39 is 11.9 Å². The molecule has 0 radical (unpaired) electrons. The predicted molar refractivity (Wildman–Crippen MR) is 106 cm³/mol. The zero-order valence-corrected chi connectivity index (χ0v) is 15.7. The highest BCUT2D eigenvalue weighted by Crippen LogP contribution is 1.97. The molecule has 0 saturated carbocycles. The Morgan fingerprint density at radius 3 is 2.15 bits per heavy atom. The summed E-state index contributed by atoms with van der Waals surface area (Å²) in [6.07, 6.45) is 7.48. The maximum Gasteiger partial charge on any atom is 0.330 e. The van der Waals surface area contributed by atoms with E-state index in [4.69, 9.17) is 10.2 Å². The predicted octanol–water partition coefficient (Wildman–Crippen LogP) is 4.34. The van der Waals surface area contributed by atoms with E-state index >= 15 is 0 Å². The highest BCUT2D eigenvalue weighted by Gasteiger charge is 1.92. The van der Waals surface area contributed by atoms with Crippen LogP contribution < -0.4 is 0 Å². The van der Waals surface area contributed by atoms with Crippen molar-refractivity contribution >= 4 is 24.0 Å². The molecule has 2 N–H and O–H groups in total. The normalized spacial score (nSPS) is 9.07. The number of carbonyl (C=O) groups is 3. The van der Waals surface area contributed by atoms with Crippen molar-refractivity contribution in [2.45, 2.75) is 32.6 Å². The number of ether oxygens (including phenoxy) is 1. The molecule has 0 unspecified atom stereocenters. The first-order chi connectivity index (χ1) is 12.9. The Kier molecular flexibility index (Phi) is 18.5. The van der Waals surface area contributed by atoms with Crippen molar-refractivity contribution in [1.82, 2.24) is 0 Å². The van der Waals surface area contributed by atoms with Gasteiger partial charge in [-0.15, -0.1) is 0 Å². The zero-order valence-electron chi connectivity index (χ0n) is 15.7. The van der Waals surface area contributed by atoms with Crippen molar-refractivity contribution in [2.24, 2.45) is 0 Å². The van der Waals surface area contributed by atoms with Crippen LogP contribution >= 0.6 is 0 Å². The third kappa shape index (κ3) is 22.9. The molecule has 0 bridgehead atoms. The fourth-order valence-corrected chi connectivity index (χ4v) is 1.36. The van der Waals surface area contributed by atoms with Gasteiger partial charge in [-0.1, -0.05) is 69.0 Å². The van der Waals surface area contributed by atoms with E-state index in [0.717, 1.165) is 18.9 Å². The molecule has 27 heavy (non-hydrogen) atoms. The first-order valence-corrected chi connectivity index (χ1v) is 8.45. The van der Waals surface area contributed by atoms with Gasteiger partial charge in [-0.3, -0.25) is 4.79 Å². The van der Waals surface area contributed by atoms with Crippen molar-refractivity contribution in [3.63, 3.8) is 0 Å². The third-order valence-corrected chi connectivity index (χ3v) is 2.73. The van der Waals surface area contributed by atoms with Gasteiger partial charge in [-0.2, -0.15) is 0 Å². The van der Waals surface area contributed by atoms with Gasteiger partial charge in [-0.25, -0.2) is 9.59 Å². The lowest BCUT2D eigenvalue weighted by molar-refractivity contribution is -0.138. The summed E-state index contributed by atoms with van der Waals surface area (Å²) >= 11 is 0. The number of carboxylic acids is 2. The Bertz CT molecular complexity index is 590. The molecule has 0 aliphatic carbocycles. The fourth-order valence-electron chi connectivity index (χ4n) is 1.36. The van der Waals surface area contributed by atoms with Crippen LogP contribution in [-0.4, -0.2) is 34.7 Å². The second-order valence-electron chi connectivity index (χ2n) is 5.01. The first-order valence-electron chi connectivity index (χ1n) is 8.45. The topological polar surface area (TPSA) is 101 Å². The van der Waals surface area contributed by atoms with Gasteiger partial charge < -0.3 is 14.9 Å². The van der Waals surface area contributed by atoms with Crippen LogP contribution in [0.2, 0.25) is 0 Å². The van der Waals surface area contributed by atoms with Crippen LogP contribution in [-0.2, 0) is 19.1 Å². The molecular weight excluding hydrogens is 348 g/mol. The molecule has 0 aliphatic heterocycles. The molecule has 0 aromatic heterocycles. The lowest BCUT2D eigenvalue weighted by Crippen LogP contribution is -2.00. The molecule has 1 aromatic carbocycles. The minimum Gasteiger partial charge on any atom is -0.481 e. The third-order valence-electron chi connectivity index (χ3n) is 2.73. The van der Waals surface area contributed by atoms with Crippen LogP contribution in [0, 0.1) is 0 Å². The molecule has 1 rings (SSSR count). The molecule has 148 valence electrons. The van der Waals surface area contributed by atoms with Crippen LogP contribution in [0.3, 0.4) is 0 Å². The maximum atomic E-state index is 10.3.